The first-order chi connectivity index (χ1) is 15.8. The summed E-state index contributed by atoms with van der Waals surface area (Å²) in [5, 5.41) is 4.01. The number of nitrogens with one attached hydrogen (secondary N) is 1. The van der Waals surface area contributed by atoms with Gasteiger partial charge in [0.2, 0.25) is 10.0 Å². The van der Waals surface area contributed by atoms with E-state index in [1.807, 2.05) is 30.3 Å². The molecule has 0 spiro atoms. The third kappa shape index (κ3) is 6.11. The van der Waals surface area contributed by atoms with Crippen molar-refractivity contribution in [3.63, 3.8) is 0 Å². The number of anilines is 1. The van der Waals surface area contributed by atoms with Gasteiger partial charge in [-0.15, -0.1) is 0 Å². The Morgan fingerprint density at radius 2 is 1.64 bits per heavy atom. The van der Waals surface area contributed by atoms with E-state index in [-0.39, 0.29) is 17.8 Å². The zero-order valence-electron chi connectivity index (χ0n) is 18.6. The highest BCUT2D eigenvalue weighted by Crippen LogP contribution is 2.27. The van der Waals surface area contributed by atoms with Crippen LogP contribution in [0.4, 0.5) is 5.69 Å². The van der Waals surface area contributed by atoms with Gasteiger partial charge in [0.05, 0.1) is 44.5 Å². The Morgan fingerprint density at radius 1 is 0.970 bits per heavy atom. The number of carbonyl (C=O) groups excluding carboxylic acids is 1. The predicted molar refractivity (Wildman–Crippen MR) is 129 cm³/mol. The number of hydrogen-bond acceptors (Lipinski definition) is 6. The molecule has 1 amide bonds. The summed E-state index contributed by atoms with van der Waals surface area (Å²) in [4.78, 5) is 12.9. The average molecular weight is 468 g/mol. The number of benzene rings is 3. The van der Waals surface area contributed by atoms with Crippen LogP contribution in [0.25, 0.3) is 0 Å². The topological polar surface area (TPSA) is 97.3 Å². The molecule has 0 bridgehead atoms. The van der Waals surface area contributed by atoms with Crippen molar-refractivity contribution in [2.75, 3.05) is 24.8 Å². The smallest absolute Gasteiger partial charge is 0.273 e. The minimum Gasteiger partial charge on any atom is -0.493 e. The van der Waals surface area contributed by atoms with Gasteiger partial charge in [-0.3, -0.25) is 9.10 Å². The molecular weight excluding hydrogens is 442 g/mol. The van der Waals surface area contributed by atoms with Gasteiger partial charge in [0.15, 0.2) is 11.5 Å². The van der Waals surface area contributed by atoms with Crippen molar-refractivity contribution < 1.29 is 22.7 Å². The van der Waals surface area contributed by atoms with Crippen molar-refractivity contribution in [2.45, 2.75) is 6.54 Å². The van der Waals surface area contributed by atoms with E-state index in [0.29, 0.717) is 17.1 Å². The van der Waals surface area contributed by atoms with Crippen LogP contribution in [0, 0.1) is 0 Å². The Labute approximate surface area is 193 Å². The first-order valence-corrected chi connectivity index (χ1v) is 11.8. The summed E-state index contributed by atoms with van der Waals surface area (Å²) in [6.45, 7) is 0.0961. The molecule has 0 saturated carbocycles. The van der Waals surface area contributed by atoms with Crippen LogP contribution in [0.5, 0.6) is 11.5 Å². The number of nitrogens with zero attached hydrogens (tertiary/aromatic N) is 2. The second-order valence-electron chi connectivity index (χ2n) is 7.09. The summed E-state index contributed by atoms with van der Waals surface area (Å²) in [7, 11) is -0.590. The number of hydrazone groups is 1. The number of carbonyl (C=O) groups is 1. The second-order valence-corrected chi connectivity index (χ2v) is 8.99. The van der Waals surface area contributed by atoms with Gasteiger partial charge in [-0.05, 0) is 41.5 Å². The third-order valence-corrected chi connectivity index (χ3v) is 5.90. The molecule has 0 aliphatic heterocycles. The summed E-state index contributed by atoms with van der Waals surface area (Å²) in [6, 6.07) is 20.9. The molecule has 0 aliphatic rings. The highest BCUT2D eigenvalue weighted by Gasteiger charge is 2.23. The number of ether oxygens (including phenoxy) is 2. The Balaban J connectivity index is 1.84. The largest absolute Gasteiger partial charge is 0.493 e. The fourth-order valence-electron chi connectivity index (χ4n) is 3.17. The molecule has 1 N–H and O–H groups in total. The van der Waals surface area contributed by atoms with Gasteiger partial charge in [-0.2, -0.15) is 5.10 Å². The molecule has 0 aliphatic carbocycles. The van der Waals surface area contributed by atoms with Gasteiger partial charge in [0.1, 0.15) is 0 Å². The van der Waals surface area contributed by atoms with Crippen molar-refractivity contribution in [3.05, 3.63) is 89.5 Å². The monoisotopic (exact) mass is 467 g/mol. The van der Waals surface area contributed by atoms with E-state index in [9.17, 15) is 13.2 Å². The Kier molecular flexibility index (Phi) is 7.68. The summed E-state index contributed by atoms with van der Waals surface area (Å²) in [6.07, 6.45) is 2.57. The SMILES string of the molecule is COc1ccc(/C=N/NC(=O)c2ccccc2N(Cc2ccccc2)S(C)(=O)=O)cc1OC. The van der Waals surface area contributed by atoms with Crippen LogP contribution in [0.15, 0.2) is 77.9 Å². The van der Waals surface area contributed by atoms with Crippen molar-refractivity contribution in [3.8, 4) is 11.5 Å². The maximum atomic E-state index is 12.9. The molecule has 0 fully saturated rings. The maximum absolute atomic E-state index is 12.9. The molecule has 33 heavy (non-hydrogen) atoms. The number of para-hydroxylation sites is 1. The molecule has 0 aromatic heterocycles. The molecule has 0 heterocycles. The fraction of sp³-hybridized carbons (Fsp3) is 0.167. The van der Waals surface area contributed by atoms with E-state index >= 15 is 0 Å². The highest BCUT2D eigenvalue weighted by atomic mass is 32.2. The average Bonchev–Trinajstić information content (AvgIpc) is 2.82. The molecule has 3 rings (SSSR count). The van der Waals surface area contributed by atoms with Crippen LogP contribution in [-0.4, -0.2) is 41.0 Å². The summed E-state index contributed by atoms with van der Waals surface area (Å²) >= 11 is 0. The summed E-state index contributed by atoms with van der Waals surface area (Å²) in [5.74, 6) is 0.568. The van der Waals surface area contributed by atoms with E-state index < -0.39 is 15.9 Å². The lowest BCUT2D eigenvalue weighted by Crippen LogP contribution is -2.32. The van der Waals surface area contributed by atoms with Crippen molar-refractivity contribution in [1.82, 2.24) is 5.43 Å². The molecule has 9 heteroatoms. The van der Waals surface area contributed by atoms with Crippen molar-refractivity contribution in [1.29, 1.82) is 0 Å². The quantitative estimate of drug-likeness (QED) is 0.384. The molecule has 172 valence electrons. The predicted octanol–water partition coefficient (Wildman–Crippen LogP) is 3.43. The number of methoxy groups -OCH3 is 2. The van der Waals surface area contributed by atoms with Gasteiger partial charge in [0, 0.05) is 0 Å². The zero-order valence-corrected chi connectivity index (χ0v) is 19.4. The van der Waals surface area contributed by atoms with Crippen molar-refractivity contribution in [2.24, 2.45) is 5.10 Å². The number of amides is 1. The number of sulfonamides is 1. The van der Waals surface area contributed by atoms with Gasteiger partial charge in [0.25, 0.3) is 5.91 Å². The molecule has 0 saturated heterocycles. The molecule has 8 nitrogen and oxygen atoms in total. The van der Waals surface area contributed by atoms with Crippen LogP contribution in [0.1, 0.15) is 21.5 Å². The molecule has 0 unspecified atom stereocenters. The number of rotatable bonds is 9. The second kappa shape index (κ2) is 10.6. The molecular formula is C24H25N3O5S. The first kappa shape index (κ1) is 23.8. The van der Waals surface area contributed by atoms with Crippen LogP contribution in [0.2, 0.25) is 0 Å². The van der Waals surface area contributed by atoms with Crippen LogP contribution in [0.3, 0.4) is 0 Å². The normalized spacial score (nSPS) is 11.2. The maximum Gasteiger partial charge on any atom is 0.273 e. The Bertz CT molecular complexity index is 1240. The van der Waals surface area contributed by atoms with E-state index in [1.54, 1.807) is 49.6 Å². The van der Waals surface area contributed by atoms with Crippen LogP contribution >= 0.6 is 0 Å². The zero-order chi connectivity index (χ0) is 23.8. The summed E-state index contributed by atoms with van der Waals surface area (Å²) < 4.78 is 36.8. The van der Waals surface area contributed by atoms with Gasteiger partial charge in [-0.25, -0.2) is 13.8 Å². The van der Waals surface area contributed by atoms with Gasteiger partial charge in [-0.1, -0.05) is 42.5 Å². The molecule has 3 aromatic rings. The molecule has 3 aromatic carbocycles. The van der Waals surface area contributed by atoms with E-state index in [2.05, 4.69) is 10.5 Å². The number of hydrogen-bond donors (Lipinski definition) is 1. The molecule has 0 atom stereocenters. The third-order valence-electron chi connectivity index (χ3n) is 4.77. The first-order valence-electron chi connectivity index (χ1n) is 9.99. The van der Waals surface area contributed by atoms with E-state index in [1.165, 1.54) is 17.6 Å². The summed E-state index contributed by atoms with van der Waals surface area (Å²) in [5.41, 5.74) is 4.39. The van der Waals surface area contributed by atoms with Crippen LogP contribution in [-0.2, 0) is 16.6 Å². The van der Waals surface area contributed by atoms with Gasteiger partial charge < -0.3 is 9.47 Å². The highest BCUT2D eigenvalue weighted by molar-refractivity contribution is 7.92. The van der Waals surface area contributed by atoms with Gasteiger partial charge >= 0.3 is 0 Å². The lowest BCUT2D eigenvalue weighted by atomic mass is 10.1. The standard InChI is InChI=1S/C24H25N3O5S/c1-31-22-14-13-19(15-23(22)32-2)16-25-26-24(28)20-11-7-8-12-21(20)27(33(3,29)30)17-18-9-5-4-6-10-18/h4-16H,17H2,1-3H3,(H,26,28)/b25-16+. The van der Waals surface area contributed by atoms with E-state index in [4.69, 9.17) is 9.47 Å². The minimum absolute atomic E-state index is 0.0961. The minimum atomic E-state index is -3.66. The Morgan fingerprint density at radius 3 is 2.30 bits per heavy atom. The Hall–Kier alpha value is -3.85. The van der Waals surface area contributed by atoms with Crippen LogP contribution < -0.4 is 19.2 Å². The van der Waals surface area contributed by atoms with Crippen molar-refractivity contribution >= 4 is 27.8 Å². The fourth-order valence-corrected chi connectivity index (χ4v) is 4.07. The van der Waals surface area contributed by atoms with E-state index in [0.717, 1.165) is 11.8 Å². The lowest BCUT2D eigenvalue weighted by molar-refractivity contribution is 0.0956. The lowest BCUT2D eigenvalue weighted by Gasteiger charge is -2.24. The molecule has 0 radical (unpaired) electrons.